The van der Waals surface area contributed by atoms with Crippen LogP contribution in [0.3, 0.4) is 0 Å². The first-order chi connectivity index (χ1) is 13.8. The zero-order chi connectivity index (χ0) is 19.2. The van der Waals surface area contributed by atoms with Crippen molar-refractivity contribution in [1.29, 1.82) is 0 Å². The lowest BCUT2D eigenvalue weighted by Crippen LogP contribution is -2.44. The molecule has 2 aromatic heterocycles. The lowest BCUT2D eigenvalue weighted by molar-refractivity contribution is 0.649. The third-order valence-corrected chi connectivity index (χ3v) is 5.05. The van der Waals surface area contributed by atoms with Crippen molar-refractivity contribution in [2.24, 2.45) is 4.99 Å². The van der Waals surface area contributed by atoms with Crippen LogP contribution < -0.4 is 15.5 Å². The number of hydrogen-bond donors (Lipinski definition) is 2. The number of guanidine groups is 1. The van der Waals surface area contributed by atoms with E-state index in [-0.39, 0.29) is 0 Å². The molecule has 2 N–H and O–H groups in total. The fraction of sp³-hybridized carbons (Fsp3) is 0.364. The SMILES string of the molecule is CCNC(=NCCc1cn2ccccc2n1)NC1CCN(c2ccccc2)C1. The summed E-state index contributed by atoms with van der Waals surface area (Å²) >= 11 is 0. The molecule has 0 aliphatic carbocycles. The average molecular weight is 377 g/mol. The molecule has 3 aromatic rings. The van der Waals surface area contributed by atoms with Crippen molar-refractivity contribution in [1.82, 2.24) is 20.0 Å². The molecule has 0 spiro atoms. The van der Waals surface area contributed by atoms with Crippen LogP contribution in [0.25, 0.3) is 5.65 Å². The molecule has 146 valence electrons. The molecule has 1 aliphatic rings. The monoisotopic (exact) mass is 376 g/mol. The van der Waals surface area contributed by atoms with Crippen LogP contribution in [-0.4, -0.2) is 47.6 Å². The van der Waals surface area contributed by atoms with Gasteiger partial charge in [-0.15, -0.1) is 0 Å². The van der Waals surface area contributed by atoms with Gasteiger partial charge in [0.05, 0.1) is 5.69 Å². The highest BCUT2D eigenvalue weighted by Gasteiger charge is 2.23. The summed E-state index contributed by atoms with van der Waals surface area (Å²) in [5, 5.41) is 6.97. The summed E-state index contributed by atoms with van der Waals surface area (Å²) in [6.07, 6.45) is 6.06. The fourth-order valence-corrected chi connectivity index (χ4v) is 3.65. The van der Waals surface area contributed by atoms with Crippen molar-refractivity contribution in [3.8, 4) is 0 Å². The summed E-state index contributed by atoms with van der Waals surface area (Å²) in [5.41, 5.74) is 3.35. The molecule has 1 fully saturated rings. The molecule has 1 atom stereocenters. The second kappa shape index (κ2) is 8.78. The number of nitrogens with zero attached hydrogens (tertiary/aromatic N) is 4. The Labute approximate surface area is 166 Å². The van der Waals surface area contributed by atoms with E-state index in [1.54, 1.807) is 0 Å². The summed E-state index contributed by atoms with van der Waals surface area (Å²) in [7, 11) is 0. The molecular weight excluding hydrogens is 348 g/mol. The lowest BCUT2D eigenvalue weighted by Gasteiger charge is -2.20. The maximum absolute atomic E-state index is 4.77. The smallest absolute Gasteiger partial charge is 0.191 e. The normalized spacial score (nSPS) is 17.2. The first kappa shape index (κ1) is 18.3. The molecule has 0 radical (unpaired) electrons. The van der Waals surface area contributed by atoms with E-state index in [4.69, 9.17) is 4.99 Å². The third kappa shape index (κ3) is 4.44. The van der Waals surface area contributed by atoms with Gasteiger partial charge < -0.3 is 19.9 Å². The minimum absolute atomic E-state index is 0.410. The number of aromatic nitrogens is 2. The summed E-state index contributed by atoms with van der Waals surface area (Å²) in [6.45, 7) is 5.75. The summed E-state index contributed by atoms with van der Waals surface area (Å²) in [4.78, 5) is 11.8. The van der Waals surface area contributed by atoms with Crippen LogP contribution in [0.2, 0.25) is 0 Å². The topological polar surface area (TPSA) is 57.0 Å². The molecule has 0 bridgehead atoms. The molecule has 1 saturated heterocycles. The van der Waals surface area contributed by atoms with E-state index in [1.807, 2.05) is 24.4 Å². The molecule has 1 aliphatic heterocycles. The number of aliphatic imine (C=N–C) groups is 1. The van der Waals surface area contributed by atoms with Crippen molar-refractivity contribution in [2.45, 2.75) is 25.8 Å². The lowest BCUT2D eigenvalue weighted by atomic mass is 10.2. The Morgan fingerprint density at radius 2 is 2.04 bits per heavy atom. The van der Waals surface area contributed by atoms with E-state index in [1.165, 1.54) is 5.69 Å². The first-order valence-corrected chi connectivity index (χ1v) is 10.1. The summed E-state index contributed by atoms with van der Waals surface area (Å²) in [5.74, 6) is 0.895. The Balaban J connectivity index is 1.33. The van der Waals surface area contributed by atoms with E-state index in [2.05, 4.69) is 68.4 Å². The average Bonchev–Trinajstić information content (AvgIpc) is 3.35. The molecule has 1 unspecified atom stereocenters. The molecule has 28 heavy (non-hydrogen) atoms. The Morgan fingerprint density at radius 1 is 1.18 bits per heavy atom. The Kier molecular flexibility index (Phi) is 5.75. The highest BCUT2D eigenvalue weighted by Crippen LogP contribution is 2.19. The van der Waals surface area contributed by atoms with Crippen LogP contribution in [0, 0.1) is 0 Å². The highest BCUT2D eigenvalue weighted by atomic mass is 15.2. The molecule has 6 nitrogen and oxygen atoms in total. The zero-order valence-corrected chi connectivity index (χ0v) is 16.4. The Hall–Kier alpha value is -3.02. The number of benzene rings is 1. The maximum atomic E-state index is 4.77. The molecule has 6 heteroatoms. The van der Waals surface area contributed by atoms with Gasteiger partial charge in [-0.25, -0.2) is 4.98 Å². The molecule has 0 saturated carbocycles. The van der Waals surface area contributed by atoms with Crippen molar-refractivity contribution < 1.29 is 0 Å². The standard InChI is InChI=1S/C22H28N6/c1-2-23-22(24-13-11-18-17-28-14-7-6-10-21(28)25-18)26-19-12-15-27(16-19)20-8-4-3-5-9-20/h3-10,14,17,19H,2,11-13,15-16H2,1H3,(H2,23,24,26). The van der Waals surface area contributed by atoms with Crippen LogP contribution in [0.4, 0.5) is 5.69 Å². The molecular formula is C22H28N6. The van der Waals surface area contributed by atoms with E-state index in [0.29, 0.717) is 12.6 Å². The van der Waals surface area contributed by atoms with Crippen LogP contribution in [0.1, 0.15) is 19.0 Å². The van der Waals surface area contributed by atoms with Gasteiger partial charge >= 0.3 is 0 Å². The second-order valence-corrected chi connectivity index (χ2v) is 7.12. The number of nitrogens with one attached hydrogen (secondary N) is 2. The van der Waals surface area contributed by atoms with E-state index < -0.39 is 0 Å². The summed E-state index contributed by atoms with van der Waals surface area (Å²) < 4.78 is 2.05. The van der Waals surface area contributed by atoms with Gasteiger partial charge in [0.25, 0.3) is 0 Å². The van der Waals surface area contributed by atoms with E-state index in [0.717, 1.165) is 49.8 Å². The number of hydrogen-bond acceptors (Lipinski definition) is 3. The quantitative estimate of drug-likeness (QED) is 0.513. The van der Waals surface area contributed by atoms with Crippen LogP contribution in [0.15, 0.2) is 65.9 Å². The fourth-order valence-electron chi connectivity index (χ4n) is 3.65. The van der Waals surface area contributed by atoms with Crippen LogP contribution in [-0.2, 0) is 6.42 Å². The van der Waals surface area contributed by atoms with Crippen LogP contribution >= 0.6 is 0 Å². The predicted molar refractivity (Wildman–Crippen MR) is 115 cm³/mol. The zero-order valence-electron chi connectivity index (χ0n) is 16.4. The van der Waals surface area contributed by atoms with Gasteiger partial charge in [0.1, 0.15) is 5.65 Å². The third-order valence-electron chi connectivity index (χ3n) is 5.05. The van der Waals surface area contributed by atoms with E-state index >= 15 is 0 Å². The number of para-hydroxylation sites is 1. The minimum atomic E-state index is 0.410. The summed E-state index contributed by atoms with van der Waals surface area (Å²) in [6, 6.07) is 17.1. The Morgan fingerprint density at radius 3 is 2.86 bits per heavy atom. The predicted octanol–water partition coefficient (Wildman–Crippen LogP) is 2.71. The van der Waals surface area contributed by atoms with E-state index in [9.17, 15) is 0 Å². The van der Waals surface area contributed by atoms with Gasteiger partial charge in [0.15, 0.2) is 5.96 Å². The van der Waals surface area contributed by atoms with Crippen molar-refractivity contribution in [2.75, 3.05) is 31.1 Å². The number of pyridine rings is 1. The van der Waals surface area contributed by atoms with Gasteiger partial charge in [-0.05, 0) is 37.6 Å². The van der Waals surface area contributed by atoms with Crippen molar-refractivity contribution >= 4 is 17.3 Å². The van der Waals surface area contributed by atoms with Crippen molar-refractivity contribution in [3.63, 3.8) is 0 Å². The van der Waals surface area contributed by atoms with Crippen LogP contribution in [0.5, 0.6) is 0 Å². The first-order valence-electron chi connectivity index (χ1n) is 10.1. The molecule has 1 aromatic carbocycles. The number of imidazole rings is 1. The minimum Gasteiger partial charge on any atom is -0.369 e. The molecule has 0 amide bonds. The van der Waals surface area contributed by atoms with Gasteiger partial charge in [0.2, 0.25) is 0 Å². The van der Waals surface area contributed by atoms with Crippen molar-refractivity contribution in [3.05, 3.63) is 66.6 Å². The number of anilines is 1. The number of rotatable bonds is 6. The highest BCUT2D eigenvalue weighted by molar-refractivity contribution is 5.80. The van der Waals surface area contributed by atoms with Gasteiger partial charge in [0, 0.05) is 56.7 Å². The van der Waals surface area contributed by atoms with Gasteiger partial charge in [-0.3, -0.25) is 4.99 Å². The van der Waals surface area contributed by atoms with Gasteiger partial charge in [-0.2, -0.15) is 0 Å². The number of fused-ring (bicyclic) bond motifs is 1. The Bertz CT molecular complexity index is 884. The molecule has 4 rings (SSSR count). The second-order valence-electron chi connectivity index (χ2n) is 7.12. The maximum Gasteiger partial charge on any atom is 0.191 e. The van der Waals surface area contributed by atoms with Gasteiger partial charge in [-0.1, -0.05) is 24.3 Å². The molecule has 3 heterocycles. The largest absolute Gasteiger partial charge is 0.369 e.